The summed E-state index contributed by atoms with van der Waals surface area (Å²) in [4.78, 5) is 11.4. The van der Waals surface area contributed by atoms with Crippen LogP contribution in [0.2, 0.25) is 0 Å². The Bertz CT molecular complexity index is 753. The van der Waals surface area contributed by atoms with Gasteiger partial charge in [-0.2, -0.15) is 11.8 Å². The number of hydrogen-bond donors (Lipinski definition) is 0. The molecular formula is C19H24O5S2. The number of sulfone groups is 1. The number of esters is 1. The van der Waals surface area contributed by atoms with E-state index in [0.29, 0.717) is 5.75 Å². The third-order valence-corrected chi connectivity index (χ3v) is 7.58. The SMILES string of the molecule is CC#CCOc1ccc(S(=O)(=O)C(COC(C)=O)C2CCSCC2)cc1. The molecule has 1 saturated heterocycles. The van der Waals surface area contributed by atoms with Crippen molar-refractivity contribution in [1.29, 1.82) is 0 Å². The normalized spacial score (nSPS) is 16.2. The Balaban J connectivity index is 2.20. The van der Waals surface area contributed by atoms with Crippen LogP contribution in [0, 0.1) is 17.8 Å². The lowest BCUT2D eigenvalue weighted by atomic mass is 9.99. The first kappa shape index (κ1) is 20.7. The Morgan fingerprint density at radius 3 is 2.50 bits per heavy atom. The summed E-state index contributed by atoms with van der Waals surface area (Å²) >= 11 is 1.83. The van der Waals surface area contributed by atoms with Gasteiger partial charge in [0.15, 0.2) is 9.84 Å². The van der Waals surface area contributed by atoms with Crippen molar-refractivity contribution in [1.82, 2.24) is 0 Å². The molecule has 142 valence electrons. The molecule has 1 aliphatic rings. The molecule has 1 aromatic rings. The number of rotatable bonds is 7. The highest BCUT2D eigenvalue weighted by molar-refractivity contribution is 7.99. The maximum atomic E-state index is 13.2. The molecule has 0 radical (unpaired) electrons. The van der Waals surface area contributed by atoms with Crippen molar-refractivity contribution in [2.75, 3.05) is 24.7 Å². The van der Waals surface area contributed by atoms with Gasteiger partial charge in [-0.05, 0) is 61.5 Å². The van der Waals surface area contributed by atoms with E-state index in [9.17, 15) is 13.2 Å². The number of carbonyl (C=O) groups is 1. The van der Waals surface area contributed by atoms with E-state index in [-0.39, 0.29) is 24.0 Å². The molecule has 0 saturated carbocycles. The van der Waals surface area contributed by atoms with Crippen molar-refractivity contribution < 1.29 is 22.7 Å². The minimum Gasteiger partial charge on any atom is -0.481 e. The fraction of sp³-hybridized carbons (Fsp3) is 0.526. The number of thioether (sulfide) groups is 1. The summed E-state index contributed by atoms with van der Waals surface area (Å²) in [6.07, 6.45) is 1.62. The molecule has 1 aromatic carbocycles. The largest absolute Gasteiger partial charge is 0.481 e. The van der Waals surface area contributed by atoms with Gasteiger partial charge in [0, 0.05) is 6.92 Å². The number of benzene rings is 1. The molecule has 7 heteroatoms. The van der Waals surface area contributed by atoms with Gasteiger partial charge in [-0.3, -0.25) is 4.79 Å². The van der Waals surface area contributed by atoms with Crippen LogP contribution in [-0.4, -0.2) is 44.4 Å². The van der Waals surface area contributed by atoms with Crippen LogP contribution in [0.3, 0.4) is 0 Å². The van der Waals surface area contributed by atoms with E-state index in [2.05, 4.69) is 11.8 Å². The zero-order chi connectivity index (χ0) is 19.0. The van der Waals surface area contributed by atoms with Crippen LogP contribution in [0.5, 0.6) is 5.75 Å². The molecule has 0 aliphatic carbocycles. The van der Waals surface area contributed by atoms with Gasteiger partial charge in [0.2, 0.25) is 0 Å². The monoisotopic (exact) mass is 396 g/mol. The van der Waals surface area contributed by atoms with E-state index in [1.807, 2.05) is 11.8 Å². The third-order valence-electron chi connectivity index (χ3n) is 4.28. The van der Waals surface area contributed by atoms with Gasteiger partial charge in [0.25, 0.3) is 0 Å². The maximum absolute atomic E-state index is 13.2. The summed E-state index contributed by atoms with van der Waals surface area (Å²) in [5.74, 6) is 7.49. The Labute approximate surface area is 159 Å². The Morgan fingerprint density at radius 2 is 1.92 bits per heavy atom. The molecule has 26 heavy (non-hydrogen) atoms. The molecule has 1 unspecified atom stereocenters. The lowest BCUT2D eigenvalue weighted by molar-refractivity contribution is -0.141. The first-order valence-corrected chi connectivity index (χ1v) is 11.2. The summed E-state index contributed by atoms with van der Waals surface area (Å²) in [6, 6.07) is 6.35. The second-order valence-electron chi connectivity index (χ2n) is 6.02. The van der Waals surface area contributed by atoms with E-state index in [0.717, 1.165) is 24.3 Å². The fourth-order valence-electron chi connectivity index (χ4n) is 2.86. The van der Waals surface area contributed by atoms with Crippen molar-refractivity contribution in [3.05, 3.63) is 24.3 Å². The van der Waals surface area contributed by atoms with Gasteiger partial charge in [-0.15, -0.1) is 5.92 Å². The van der Waals surface area contributed by atoms with Crippen LogP contribution in [0.15, 0.2) is 29.2 Å². The van der Waals surface area contributed by atoms with Crippen molar-refractivity contribution in [2.24, 2.45) is 5.92 Å². The summed E-state index contributed by atoms with van der Waals surface area (Å²) in [5, 5.41) is -0.718. The lowest BCUT2D eigenvalue weighted by Crippen LogP contribution is -2.37. The topological polar surface area (TPSA) is 69.7 Å². The van der Waals surface area contributed by atoms with Crippen LogP contribution >= 0.6 is 11.8 Å². The average molecular weight is 397 g/mol. The highest BCUT2D eigenvalue weighted by atomic mass is 32.2. The summed E-state index contributed by atoms with van der Waals surface area (Å²) in [7, 11) is -3.61. The molecule has 0 spiro atoms. The first-order valence-electron chi connectivity index (χ1n) is 8.52. The first-order chi connectivity index (χ1) is 12.4. The minimum absolute atomic E-state index is 0.00337. The van der Waals surface area contributed by atoms with Gasteiger partial charge in [0.1, 0.15) is 24.2 Å². The predicted octanol–water partition coefficient (Wildman–Crippen LogP) is 2.94. The molecule has 2 rings (SSSR count). The van der Waals surface area contributed by atoms with Crippen LogP contribution < -0.4 is 4.74 Å². The lowest BCUT2D eigenvalue weighted by Gasteiger charge is -2.29. The van der Waals surface area contributed by atoms with E-state index < -0.39 is 21.1 Å². The molecule has 5 nitrogen and oxygen atoms in total. The van der Waals surface area contributed by atoms with Crippen molar-refractivity contribution in [2.45, 2.75) is 36.8 Å². The van der Waals surface area contributed by atoms with E-state index in [1.165, 1.54) is 6.92 Å². The van der Waals surface area contributed by atoms with Crippen molar-refractivity contribution in [3.8, 4) is 17.6 Å². The Kier molecular flexibility index (Phi) is 7.85. The molecule has 0 aromatic heterocycles. The predicted molar refractivity (Wildman–Crippen MR) is 103 cm³/mol. The summed E-state index contributed by atoms with van der Waals surface area (Å²) < 4.78 is 36.8. The highest BCUT2D eigenvalue weighted by Gasteiger charge is 2.36. The van der Waals surface area contributed by atoms with E-state index in [1.54, 1.807) is 31.2 Å². The molecule has 0 bridgehead atoms. The quantitative estimate of drug-likeness (QED) is 0.521. The number of ether oxygens (including phenoxy) is 2. The second kappa shape index (κ2) is 9.89. The molecule has 1 aliphatic heterocycles. The van der Waals surface area contributed by atoms with Gasteiger partial charge >= 0.3 is 5.97 Å². The maximum Gasteiger partial charge on any atom is 0.302 e. The summed E-state index contributed by atoms with van der Waals surface area (Å²) in [6.45, 7) is 3.19. The van der Waals surface area contributed by atoms with Crippen molar-refractivity contribution in [3.63, 3.8) is 0 Å². The number of hydrogen-bond acceptors (Lipinski definition) is 6. The smallest absolute Gasteiger partial charge is 0.302 e. The van der Waals surface area contributed by atoms with E-state index in [4.69, 9.17) is 9.47 Å². The van der Waals surface area contributed by atoms with Crippen LogP contribution in [-0.2, 0) is 19.4 Å². The van der Waals surface area contributed by atoms with Crippen LogP contribution in [0.25, 0.3) is 0 Å². The molecule has 1 fully saturated rings. The Morgan fingerprint density at radius 1 is 1.27 bits per heavy atom. The minimum atomic E-state index is -3.61. The van der Waals surface area contributed by atoms with Gasteiger partial charge in [-0.1, -0.05) is 5.92 Å². The molecule has 1 atom stereocenters. The second-order valence-corrected chi connectivity index (χ2v) is 9.41. The van der Waals surface area contributed by atoms with E-state index >= 15 is 0 Å². The standard InChI is InChI=1S/C19H24O5S2/c1-3-4-11-23-17-5-7-18(8-6-17)26(21,22)19(14-24-15(2)20)16-9-12-25-13-10-16/h5-8,16,19H,9-14H2,1-2H3. The molecule has 0 N–H and O–H groups in total. The Hall–Kier alpha value is -1.65. The van der Waals surface area contributed by atoms with Crippen LogP contribution in [0.1, 0.15) is 26.7 Å². The summed E-state index contributed by atoms with van der Waals surface area (Å²) in [5.41, 5.74) is 0. The zero-order valence-corrected chi connectivity index (χ0v) is 16.7. The fourth-order valence-corrected chi connectivity index (χ4v) is 5.89. The van der Waals surface area contributed by atoms with Gasteiger partial charge in [0.05, 0.1) is 4.90 Å². The zero-order valence-electron chi connectivity index (χ0n) is 15.1. The van der Waals surface area contributed by atoms with Crippen molar-refractivity contribution >= 4 is 27.6 Å². The number of carbonyl (C=O) groups excluding carboxylic acids is 1. The molecule has 0 amide bonds. The van der Waals surface area contributed by atoms with Crippen LogP contribution in [0.4, 0.5) is 0 Å². The average Bonchev–Trinajstić information content (AvgIpc) is 2.63. The highest BCUT2D eigenvalue weighted by Crippen LogP contribution is 2.32. The third kappa shape index (κ3) is 5.68. The van der Waals surface area contributed by atoms with Gasteiger partial charge in [-0.25, -0.2) is 8.42 Å². The molecular weight excluding hydrogens is 372 g/mol. The molecule has 1 heterocycles. The van der Waals surface area contributed by atoms with Gasteiger partial charge < -0.3 is 9.47 Å².